The van der Waals surface area contributed by atoms with E-state index in [1.54, 1.807) is 0 Å². The maximum atomic E-state index is 5.63. The van der Waals surface area contributed by atoms with E-state index in [4.69, 9.17) is 18.9 Å². The fraction of sp³-hybridized carbons (Fsp3) is 0.304. The Balaban J connectivity index is 1.51. The summed E-state index contributed by atoms with van der Waals surface area (Å²) in [5.74, 6) is 3.49. The van der Waals surface area contributed by atoms with Crippen LogP contribution < -0.4 is 18.9 Å². The number of aromatic amines is 2. The maximum absolute atomic E-state index is 5.63. The zero-order valence-corrected chi connectivity index (χ0v) is 16.2. The summed E-state index contributed by atoms with van der Waals surface area (Å²) in [6.45, 7) is 2.80. The van der Waals surface area contributed by atoms with E-state index < -0.39 is 0 Å². The second-order valence-corrected chi connectivity index (χ2v) is 7.68. The number of nitrogens with one attached hydrogen (secondary N) is 2. The number of hydrogen-bond donors (Lipinski definition) is 2. The largest absolute Gasteiger partial charge is 0.454 e. The molecule has 2 N–H and O–H groups in total. The van der Waals surface area contributed by atoms with Crippen LogP contribution in [0.4, 0.5) is 0 Å². The molecule has 0 fully saturated rings. The number of ether oxygens (including phenoxy) is 4. The lowest BCUT2D eigenvalue weighted by Gasteiger charge is -2.16. The van der Waals surface area contributed by atoms with Crippen molar-refractivity contribution in [1.29, 1.82) is 0 Å². The van der Waals surface area contributed by atoms with Crippen LogP contribution in [0.15, 0.2) is 36.7 Å². The van der Waals surface area contributed by atoms with Gasteiger partial charge in [-0.2, -0.15) is 0 Å². The second-order valence-electron chi connectivity index (χ2n) is 7.68. The number of benzene rings is 2. The topological polar surface area (TPSA) is 68.5 Å². The third-order valence-electron chi connectivity index (χ3n) is 6.01. The lowest BCUT2D eigenvalue weighted by atomic mass is 9.86. The van der Waals surface area contributed by atoms with Gasteiger partial charge in [0, 0.05) is 52.3 Å². The molecule has 2 aliphatic rings. The number of hydrogen-bond acceptors (Lipinski definition) is 4. The van der Waals surface area contributed by atoms with Gasteiger partial charge in [0.05, 0.1) is 0 Å². The molecular weight excluding hydrogens is 368 g/mol. The smallest absolute Gasteiger partial charge is 0.231 e. The van der Waals surface area contributed by atoms with Crippen molar-refractivity contribution in [3.05, 3.63) is 47.8 Å². The first-order chi connectivity index (χ1) is 14.3. The van der Waals surface area contributed by atoms with Crippen LogP contribution in [0.1, 0.15) is 43.2 Å². The third kappa shape index (κ3) is 2.55. The highest BCUT2D eigenvalue weighted by molar-refractivity contribution is 5.91. The predicted molar refractivity (Wildman–Crippen MR) is 110 cm³/mol. The molecular formula is C23H22N2O4. The quantitative estimate of drug-likeness (QED) is 0.477. The first-order valence-electron chi connectivity index (χ1n) is 10.1. The van der Waals surface area contributed by atoms with Crippen LogP contribution in [0.5, 0.6) is 23.0 Å². The molecule has 0 aliphatic carbocycles. The fourth-order valence-corrected chi connectivity index (χ4v) is 4.53. The summed E-state index contributed by atoms with van der Waals surface area (Å²) < 4.78 is 22.3. The summed E-state index contributed by atoms with van der Waals surface area (Å²) in [6.07, 6.45) is 7.64. The minimum absolute atomic E-state index is 0.262. The summed E-state index contributed by atoms with van der Waals surface area (Å²) in [4.78, 5) is 6.87. The molecule has 0 saturated carbocycles. The van der Waals surface area contributed by atoms with Gasteiger partial charge in [-0.3, -0.25) is 0 Å². The predicted octanol–water partition coefficient (Wildman–Crippen LogP) is 5.43. The minimum Gasteiger partial charge on any atom is -0.454 e. The molecule has 6 heteroatoms. The molecule has 0 atom stereocenters. The SMILES string of the molecule is CCCCC(c1c[nH]c2cc3c(cc12)OCO3)c1c[nH]c2cc3c(cc12)OCO3. The van der Waals surface area contributed by atoms with Crippen molar-refractivity contribution in [1.82, 2.24) is 9.97 Å². The van der Waals surface area contributed by atoms with Crippen molar-refractivity contribution in [2.75, 3.05) is 13.6 Å². The van der Waals surface area contributed by atoms with E-state index in [0.29, 0.717) is 0 Å². The third-order valence-corrected chi connectivity index (χ3v) is 6.01. The second kappa shape index (κ2) is 6.37. The molecule has 29 heavy (non-hydrogen) atoms. The van der Waals surface area contributed by atoms with Gasteiger partial charge in [-0.05, 0) is 29.7 Å². The monoisotopic (exact) mass is 390 g/mol. The molecule has 4 aromatic rings. The average molecular weight is 390 g/mol. The van der Waals surface area contributed by atoms with E-state index in [9.17, 15) is 0 Å². The summed E-state index contributed by atoms with van der Waals surface area (Å²) >= 11 is 0. The molecule has 2 aliphatic heterocycles. The number of fused-ring (bicyclic) bond motifs is 4. The molecule has 4 heterocycles. The van der Waals surface area contributed by atoms with Gasteiger partial charge in [-0.25, -0.2) is 0 Å². The summed E-state index contributed by atoms with van der Waals surface area (Å²) in [6, 6.07) is 8.27. The molecule has 0 radical (unpaired) electrons. The Morgan fingerprint density at radius 2 is 1.24 bits per heavy atom. The molecule has 0 amide bonds. The van der Waals surface area contributed by atoms with Gasteiger partial charge in [0.15, 0.2) is 23.0 Å². The van der Waals surface area contributed by atoms with Crippen molar-refractivity contribution in [3.63, 3.8) is 0 Å². The Kier molecular flexibility index (Phi) is 3.66. The maximum Gasteiger partial charge on any atom is 0.231 e. The highest BCUT2D eigenvalue weighted by atomic mass is 16.7. The van der Waals surface area contributed by atoms with Gasteiger partial charge in [-0.15, -0.1) is 0 Å². The van der Waals surface area contributed by atoms with Crippen molar-refractivity contribution >= 4 is 21.8 Å². The van der Waals surface area contributed by atoms with E-state index in [2.05, 4.69) is 41.4 Å². The molecule has 0 bridgehead atoms. The number of rotatable bonds is 5. The van der Waals surface area contributed by atoms with Gasteiger partial charge in [0.1, 0.15) is 0 Å². The van der Waals surface area contributed by atoms with Crippen LogP contribution in [0.3, 0.4) is 0 Å². The Hall–Kier alpha value is -3.28. The van der Waals surface area contributed by atoms with Gasteiger partial charge in [0.25, 0.3) is 0 Å². The Morgan fingerprint density at radius 1 is 0.759 bits per heavy atom. The molecule has 2 aromatic heterocycles. The van der Waals surface area contributed by atoms with E-state index in [-0.39, 0.29) is 19.5 Å². The highest BCUT2D eigenvalue weighted by Crippen LogP contribution is 2.44. The van der Waals surface area contributed by atoms with E-state index >= 15 is 0 Å². The van der Waals surface area contributed by atoms with Crippen molar-refractivity contribution < 1.29 is 18.9 Å². The summed E-state index contributed by atoms with van der Waals surface area (Å²) in [5, 5.41) is 2.37. The number of aromatic nitrogens is 2. The number of H-pyrrole nitrogens is 2. The van der Waals surface area contributed by atoms with Crippen molar-refractivity contribution in [2.24, 2.45) is 0 Å². The molecule has 0 spiro atoms. The zero-order valence-electron chi connectivity index (χ0n) is 16.2. The first kappa shape index (κ1) is 16.7. The summed E-state index contributed by atoms with van der Waals surface area (Å²) in [5.41, 5.74) is 4.71. The van der Waals surface area contributed by atoms with Crippen LogP contribution in [0, 0.1) is 0 Å². The van der Waals surface area contributed by atoms with E-state index in [0.717, 1.165) is 53.3 Å². The van der Waals surface area contributed by atoms with Crippen LogP contribution in [-0.4, -0.2) is 23.6 Å². The Labute approximate surface area is 167 Å². The standard InChI is InChI=1S/C23H22N2O4/c1-2-3-4-13(16-9-24-18-7-22-20(5-14(16)18)26-11-28-22)17-10-25-19-8-23-21(6-15(17)19)27-12-29-23/h5-10,13,24-25H,2-4,11-12H2,1H3. The lowest BCUT2D eigenvalue weighted by molar-refractivity contribution is 0.173. The van der Waals surface area contributed by atoms with Gasteiger partial charge in [0.2, 0.25) is 13.6 Å². The number of unbranched alkanes of at least 4 members (excludes halogenated alkanes) is 1. The minimum atomic E-state index is 0.262. The first-order valence-corrected chi connectivity index (χ1v) is 10.1. The Bertz CT molecular complexity index is 1130. The Morgan fingerprint density at radius 3 is 1.72 bits per heavy atom. The molecule has 6 rings (SSSR count). The van der Waals surface area contributed by atoms with E-state index in [1.165, 1.54) is 21.9 Å². The molecule has 148 valence electrons. The average Bonchev–Trinajstić information content (AvgIpc) is 3.51. The summed E-state index contributed by atoms with van der Waals surface area (Å²) in [7, 11) is 0. The van der Waals surface area contributed by atoms with Crippen LogP contribution in [-0.2, 0) is 0 Å². The van der Waals surface area contributed by atoms with Gasteiger partial charge < -0.3 is 28.9 Å². The van der Waals surface area contributed by atoms with E-state index in [1.807, 2.05) is 12.1 Å². The molecule has 6 nitrogen and oxygen atoms in total. The normalized spacial score (nSPS) is 14.6. The lowest BCUT2D eigenvalue weighted by Crippen LogP contribution is -2.00. The van der Waals surface area contributed by atoms with Crippen LogP contribution in [0.2, 0.25) is 0 Å². The van der Waals surface area contributed by atoms with Crippen molar-refractivity contribution in [3.8, 4) is 23.0 Å². The molecule has 2 aromatic carbocycles. The zero-order chi connectivity index (χ0) is 19.4. The highest BCUT2D eigenvalue weighted by Gasteiger charge is 2.25. The fourth-order valence-electron chi connectivity index (χ4n) is 4.53. The van der Waals surface area contributed by atoms with Crippen LogP contribution in [0.25, 0.3) is 21.8 Å². The molecule has 0 unspecified atom stereocenters. The molecule has 0 saturated heterocycles. The van der Waals surface area contributed by atoms with Gasteiger partial charge in [-0.1, -0.05) is 19.8 Å². The van der Waals surface area contributed by atoms with Gasteiger partial charge >= 0.3 is 0 Å². The van der Waals surface area contributed by atoms with Crippen LogP contribution >= 0.6 is 0 Å². The van der Waals surface area contributed by atoms with Crippen molar-refractivity contribution in [2.45, 2.75) is 32.1 Å².